The molecule has 0 saturated carbocycles. The van der Waals surface area contributed by atoms with E-state index in [4.69, 9.17) is 20.4 Å². The molecule has 0 saturated heterocycles. The second-order valence-corrected chi connectivity index (χ2v) is 3.22. The maximum absolute atomic E-state index is 8.32. The maximum Gasteiger partial charge on any atom is 0.139 e. The van der Waals surface area contributed by atoms with Gasteiger partial charge in [-0.1, -0.05) is 5.16 Å². The van der Waals surface area contributed by atoms with Crippen molar-refractivity contribution in [3.05, 3.63) is 24.3 Å². The molecule has 0 atom stereocenters. The van der Waals surface area contributed by atoms with Crippen LogP contribution in [-0.4, -0.2) is 24.8 Å². The summed E-state index contributed by atoms with van der Waals surface area (Å²) in [5, 5.41) is 11.2. The highest BCUT2D eigenvalue weighted by molar-refractivity contribution is 5.79. The minimum atomic E-state index is 0.221. The molecule has 0 unspecified atom stereocenters. The number of rotatable bonds is 6. The second-order valence-electron chi connectivity index (χ2n) is 3.22. The van der Waals surface area contributed by atoms with Gasteiger partial charge in [0.05, 0.1) is 13.7 Å². The van der Waals surface area contributed by atoms with E-state index in [0.717, 1.165) is 11.5 Å². The largest absolute Gasteiger partial charge is 0.497 e. The zero-order chi connectivity index (χ0) is 11.8. The van der Waals surface area contributed by atoms with Crippen molar-refractivity contribution in [3.8, 4) is 11.5 Å². The predicted octanol–water partition coefficient (Wildman–Crippen LogP) is 1.60. The van der Waals surface area contributed by atoms with Gasteiger partial charge in [-0.2, -0.15) is 0 Å². The van der Waals surface area contributed by atoms with E-state index in [1.54, 1.807) is 7.11 Å². The van der Waals surface area contributed by atoms with Crippen molar-refractivity contribution in [2.45, 2.75) is 12.8 Å². The fraction of sp³-hybridized carbons (Fsp3) is 0.364. The quantitative estimate of drug-likeness (QED) is 0.253. The van der Waals surface area contributed by atoms with Crippen molar-refractivity contribution < 1.29 is 14.7 Å². The molecular weight excluding hydrogens is 208 g/mol. The zero-order valence-electron chi connectivity index (χ0n) is 9.22. The third-order valence-corrected chi connectivity index (χ3v) is 2.03. The third-order valence-electron chi connectivity index (χ3n) is 2.03. The Labute approximate surface area is 94.5 Å². The molecule has 1 rings (SSSR count). The summed E-state index contributed by atoms with van der Waals surface area (Å²) in [4.78, 5) is 0. The lowest BCUT2D eigenvalue weighted by Crippen LogP contribution is -2.12. The fourth-order valence-corrected chi connectivity index (χ4v) is 1.17. The van der Waals surface area contributed by atoms with Gasteiger partial charge in [0.2, 0.25) is 0 Å². The number of nitrogens with zero attached hydrogens (tertiary/aromatic N) is 1. The van der Waals surface area contributed by atoms with Crippen molar-refractivity contribution in [3.63, 3.8) is 0 Å². The summed E-state index contributed by atoms with van der Waals surface area (Å²) in [6, 6.07) is 7.34. The van der Waals surface area contributed by atoms with Gasteiger partial charge in [-0.3, -0.25) is 0 Å². The summed E-state index contributed by atoms with van der Waals surface area (Å²) in [5.41, 5.74) is 5.32. The van der Waals surface area contributed by atoms with Gasteiger partial charge < -0.3 is 20.4 Å². The Balaban J connectivity index is 2.26. The molecule has 1 aromatic rings. The summed E-state index contributed by atoms with van der Waals surface area (Å²) < 4.78 is 10.5. The summed E-state index contributed by atoms with van der Waals surface area (Å²) >= 11 is 0. The minimum absolute atomic E-state index is 0.221. The Morgan fingerprint density at radius 3 is 2.50 bits per heavy atom. The maximum atomic E-state index is 8.32. The topological polar surface area (TPSA) is 77.1 Å². The Hall–Kier alpha value is -1.91. The van der Waals surface area contributed by atoms with Crippen molar-refractivity contribution in [1.29, 1.82) is 0 Å². The van der Waals surface area contributed by atoms with E-state index in [1.165, 1.54) is 0 Å². The molecule has 16 heavy (non-hydrogen) atoms. The average Bonchev–Trinajstić information content (AvgIpc) is 2.35. The van der Waals surface area contributed by atoms with Crippen molar-refractivity contribution in [1.82, 2.24) is 0 Å². The Bertz CT molecular complexity index is 336. The van der Waals surface area contributed by atoms with Crippen LogP contribution in [0.3, 0.4) is 0 Å². The normalized spacial score (nSPS) is 11.2. The van der Waals surface area contributed by atoms with Crippen LogP contribution < -0.4 is 15.2 Å². The van der Waals surface area contributed by atoms with E-state index in [2.05, 4.69) is 5.16 Å². The molecule has 5 heteroatoms. The van der Waals surface area contributed by atoms with Crippen LogP contribution in [0.1, 0.15) is 12.8 Å². The molecule has 0 bridgehead atoms. The highest BCUT2D eigenvalue weighted by Crippen LogP contribution is 2.17. The molecule has 0 amide bonds. The van der Waals surface area contributed by atoms with Crippen molar-refractivity contribution in [2.24, 2.45) is 10.9 Å². The number of amidine groups is 1. The van der Waals surface area contributed by atoms with Gasteiger partial charge in [0, 0.05) is 6.42 Å². The van der Waals surface area contributed by atoms with E-state index in [1.807, 2.05) is 24.3 Å². The van der Waals surface area contributed by atoms with E-state index in [0.29, 0.717) is 19.4 Å². The molecule has 88 valence electrons. The van der Waals surface area contributed by atoms with E-state index in [9.17, 15) is 0 Å². The molecule has 0 spiro atoms. The Kier molecular flexibility index (Phi) is 4.98. The van der Waals surface area contributed by atoms with Gasteiger partial charge in [-0.15, -0.1) is 0 Å². The molecule has 1 aromatic carbocycles. The van der Waals surface area contributed by atoms with E-state index >= 15 is 0 Å². The number of oxime groups is 1. The first-order valence-corrected chi connectivity index (χ1v) is 4.99. The monoisotopic (exact) mass is 224 g/mol. The van der Waals surface area contributed by atoms with Crippen LogP contribution in [0.2, 0.25) is 0 Å². The summed E-state index contributed by atoms with van der Waals surface area (Å²) in [6.45, 7) is 0.530. The lowest BCUT2D eigenvalue weighted by Gasteiger charge is -2.06. The highest BCUT2D eigenvalue weighted by atomic mass is 16.5. The number of hydrogen-bond acceptors (Lipinski definition) is 4. The van der Waals surface area contributed by atoms with Gasteiger partial charge in [-0.05, 0) is 30.7 Å². The molecule has 0 heterocycles. The standard InChI is InChI=1S/C11H16N2O3/c1-15-9-4-6-10(7-5-9)16-8-2-3-11(12)13-14/h4-7,14H,2-3,8H2,1H3,(H2,12,13). The summed E-state index contributed by atoms with van der Waals surface area (Å²) in [7, 11) is 1.62. The molecule has 0 radical (unpaired) electrons. The Morgan fingerprint density at radius 1 is 1.31 bits per heavy atom. The van der Waals surface area contributed by atoms with Gasteiger partial charge in [0.1, 0.15) is 17.3 Å². The minimum Gasteiger partial charge on any atom is -0.497 e. The molecule has 3 N–H and O–H groups in total. The van der Waals surface area contributed by atoms with Gasteiger partial charge in [0.15, 0.2) is 0 Å². The van der Waals surface area contributed by atoms with Crippen LogP contribution in [-0.2, 0) is 0 Å². The molecule has 0 aliphatic carbocycles. The number of nitrogens with two attached hydrogens (primary N) is 1. The van der Waals surface area contributed by atoms with Gasteiger partial charge in [0.25, 0.3) is 0 Å². The van der Waals surface area contributed by atoms with Crippen molar-refractivity contribution >= 4 is 5.84 Å². The number of methoxy groups -OCH3 is 1. The first-order valence-electron chi connectivity index (χ1n) is 4.99. The molecule has 5 nitrogen and oxygen atoms in total. The first-order chi connectivity index (χ1) is 7.76. The average molecular weight is 224 g/mol. The van der Waals surface area contributed by atoms with Gasteiger partial charge >= 0.3 is 0 Å². The van der Waals surface area contributed by atoms with Crippen LogP contribution in [0.15, 0.2) is 29.4 Å². The van der Waals surface area contributed by atoms with Crippen LogP contribution in [0.5, 0.6) is 11.5 Å². The summed E-state index contributed by atoms with van der Waals surface area (Å²) in [6.07, 6.45) is 1.23. The molecule has 0 fully saturated rings. The number of benzene rings is 1. The van der Waals surface area contributed by atoms with E-state index in [-0.39, 0.29) is 5.84 Å². The van der Waals surface area contributed by atoms with Crippen LogP contribution in [0.4, 0.5) is 0 Å². The Morgan fingerprint density at radius 2 is 1.94 bits per heavy atom. The molecule has 0 aliphatic rings. The third kappa shape index (κ3) is 4.08. The molecule has 0 aliphatic heterocycles. The first kappa shape index (κ1) is 12.2. The summed E-state index contributed by atoms with van der Waals surface area (Å²) in [5.74, 6) is 1.79. The van der Waals surface area contributed by atoms with Gasteiger partial charge in [-0.25, -0.2) is 0 Å². The number of ether oxygens (including phenoxy) is 2. The van der Waals surface area contributed by atoms with Crippen LogP contribution in [0, 0.1) is 0 Å². The molecule has 0 aromatic heterocycles. The lowest BCUT2D eigenvalue weighted by molar-refractivity contribution is 0.305. The number of hydrogen-bond donors (Lipinski definition) is 2. The highest BCUT2D eigenvalue weighted by Gasteiger charge is 1.97. The van der Waals surface area contributed by atoms with Crippen LogP contribution >= 0.6 is 0 Å². The fourth-order valence-electron chi connectivity index (χ4n) is 1.17. The smallest absolute Gasteiger partial charge is 0.139 e. The van der Waals surface area contributed by atoms with Crippen LogP contribution in [0.25, 0.3) is 0 Å². The lowest BCUT2D eigenvalue weighted by atomic mass is 10.3. The van der Waals surface area contributed by atoms with E-state index < -0.39 is 0 Å². The predicted molar refractivity (Wildman–Crippen MR) is 61.1 cm³/mol. The second kappa shape index (κ2) is 6.55. The molecular formula is C11H16N2O3. The zero-order valence-corrected chi connectivity index (χ0v) is 9.22. The van der Waals surface area contributed by atoms with Crippen molar-refractivity contribution in [2.75, 3.05) is 13.7 Å². The SMILES string of the molecule is COc1ccc(OCCC/C(N)=N/O)cc1.